The molecule has 0 saturated carbocycles. The molecule has 0 atom stereocenters. The number of carbonyl (C=O) groups is 1. The Bertz CT molecular complexity index is 977. The first kappa shape index (κ1) is 22.2. The van der Waals surface area contributed by atoms with E-state index < -0.39 is 0 Å². The van der Waals surface area contributed by atoms with E-state index in [1.807, 2.05) is 62.4 Å². The summed E-state index contributed by atoms with van der Waals surface area (Å²) >= 11 is 0. The van der Waals surface area contributed by atoms with Gasteiger partial charge in [-0.3, -0.25) is 4.79 Å². The van der Waals surface area contributed by atoms with Crippen molar-refractivity contribution in [1.29, 1.82) is 0 Å². The summed E-state index contributed by atoms with van der Waals surface area (Å²) in [5, 5.41) is 6.24. The van der Waals surface area contributed by atoms with Crippen molar-refractivity contribution in [2.24, 2.45) is 0 Å². The van der Waals surface area contributed by atoms with Crippen molar-refractivity contribution in [3.05, 3.63) is 83.6 Å². The molecule has 0 unspecified atom stereocenters. The summed E-state index contributed by atoms with van der Waals surface area (Å²) in [6.45, 7) is 6.19. The summed E-state index contributed by atoms with van der Waals surface area (Å²) in [7, 11) is 0. The van der Waals surface area contributed by atoms with Gasteiger partial charge in [-0.1, -0.05) is 36.4 Å². The van der Waals surface area contributed by atoms with Crippen LogP contribution in [0.5, 0.6) is 11.5 Å². The highest BCUT2D eigenvalue weighted by Crippen LogP contribution is 2.28. The molecule has 0 fully saturated rings. The van der Waals surface area contributed by atoms with Crippen LogP contribution in [0.3, 0.4) is 0 Å². The average Bonchev–Trinajstić information content (AvgIpc) is 2.80. The van der Waals surface area contributed by atoms with Crippen molar-refractivity contribution in [2.75, 3.05) is 25.1 Å². The van der Waals surface area contributed by atoms with Gasteiger partial charge in [0, 0.05) is 19.3 Å². The Balaban J connectivity index is 1.60. The third-order valence-corrected chi connectivity index (χ3v) is 4.66. The fraction of sp³-hybridized carbons (Fsp3) is 0.280. The molecule has 1 amide bonds. The number of benzene rings is 2. The normalized spacial score (nSPS) is 10.4. The molecular weight excluding hydrogens is 390 g/mol. The first-order valence-electron chi connectivity index (χ1n) is 10.6. The number of amides is 1. The highest BCUT2D eigenvalue weighted by molar-refractivity contribution is 5.98. The molecule has 0 saturated heterocycles. The Hall–Kier alpha value is -3.54. The lowest BCUT2D eigenvalue weighted by Gasteiger charge is -2.14. The van der Waals surface area contributed by atoms with Crippen molar-refractivity contribution in [3.8, 4) is 11.5 Å². The Labute approximate surface area is 183 Å². The molecule has 0 spiro atoms. The second kappa shape index (κ2) is 11.6. The quantitative estimate of drug-likeness (QED) is 0.480. The number of pyridine rings is 1. The number of nitrogens with one attached hydrogen (secondary N) is 2. The molecule has 31 heavy (non-hydrogen) atoms. The molecular formula is C25H29N3O3. The molecule has 2 aromatic carbocycles. The largest absolute Gasteiger partial charge is 0.490 e. The molecule has 0 aliphatic rings. The lowest BCUT2D eigenvalue weighted by atomic mass is 10.1. The van der Waals surface area contributed by atoms with Crippen LogP contribution < -0.4 is 20.1 Å². The van der Waals surface area contributed by atoms with Crippen LogP contribution in [0.4, 0.5) is 5.82 Å². The van der Waals surface area contributed by atoms with E-state index in [1.54, 1.807) is 18.3 Å². The van der Waals surface area contributed by atoms with E-state index in [4.69, 9.17) is 9.47 Å². The van der Waals surface area contributed by atoms with E-state index in [1.165, 1.54) is 0 Å². The first-order chi connectivity index (χ1) is 15.2. The van der Waals surface area contributed by atoms with Crippen LogP contribution in [0.15, 0.2) is 66.9 Å². The second-order valence-corrected chi connectivity index (χ2v) is 6.89. The molecule has 3 rings (SSSR count). The van der Waals surface area contributed by atoms with Gasteiger partial charge < -0.3 is 20.1 Å². The minimum Gasteiger partial charge on any atom is -0.490 e. The number of rotatable bonds is 11. The van der Waals surface area contributed by atoms with Crippen LogP contribution in [-0.2, 0) is 13.0 Å². The van der Waals surface area contributed by atoms with Gasteiger partial charge in [0.1, 0.15) is 5.82 Å². The number of hydrogen-bond acceptors (Lipinski definition) is 5. The molecule has 1 heterocycles. The topological polar surface area (TPSA) is 72.5 Å². The maximum absolute atomic E-state index is 12.7. The fourth-order valence-electron chi connectivity index (χ4n) is 3.18. The Kier molecular flexibility index (Phi) is 8.29. The molecule has 162 valence electrons. The van der Waals surface area contributed by atoms with Crippen LogP contribution >= 0.6 is 0 Å². The Morgan fingerprint density at radius 2 is 1.68 bits per heavy atom. The third-order valence-electron chi connectivity index (χ3n) is 4.66. The number of anilines is 1. The monoisotopic (exact) mass is 419 g/mol. The number of hydrogen-bond donors (Lipinski definition) is 2. The lowest BCUT2D eigenvalue weighted by molar-refractivity contribution is 0.0951. The number of aromatic nitrogens is 1. The van der Waals surface area contributed by atoms with Gasteiger partial charge in [-0.25, -0.2) is 4.98 Å². The smallest absolute Gasteiger partial charge is 0.255 e. The number of ether oxygens (including phenoxy) is 2. The van der Waals surface area contributed by atoms with Crippen molar-refractivity contribution >= 4 is 11.7 Å². The van der Waals surface area contributed by atoms with Gasteiger partial charge in [-0.15, -0.1) is 0 Å². The van der Waals surface area contributed by atoms with Gasteiger partial charge in [-0.2, -0.15) is 0 Å². The predicted octanol–water partition coefficient (Wildman–Crippen LogP) is 4.46. The summed E-state index contributed by atoms with van der Waals surface area (Å²) in [6.07, 6.45) is 2.44. The molecule has 1 aromatic heterocycles. The third kappa shape index (κ3) is 6.47. The number of nitrogens with zero attached hydrogens (tertiary/aromatic N) is 1. The molecule has 0 radical (unpaired) electrons. The average molecular weight is 420 g/mol. The van der Waals surface area contributed by atoms with E-state index >= 15 is 0 Å². The molecule has 6 heteroatoms. The summed E-state index contributed by atoms with van der Waals surface area (Å²) in [4.78, 5) is 17.0. The van der Waals surface area contributed by atoms with Crippen LogP contribution in [0, 0.1) is 0 Å². The molecule has 3 aromatic rings. The maximum Gasteiger partial charge on any atom is 0.255 e. The first-order valence-corrected chi connectivity index (χ1v) is 10.6. The van der Waals surface area contributed by atoms with Gasteiger partial charge in [0.25, 0.3) is 5.91 Å². The van der Waals surface area contributed by atoms with Crippen molar-refractivity contribution < 1.29 is 14.3 Å². The van der Waals surface area contributed by atoms with Gasteiger partial charge in [0.2, 0.25) is 0 Å². The van der Waals surface area contributed by atoms with E-state index in [9.17, 15) is 4.79 Å². The van der Waals surface area contributed by atoms with Gasteiger partial charge in [-0.05, 0) is 55.7 Å². The van der Waals surface area contributed by atoms with E-state index in [0.717, 1.165) is 29.0 Å². The van der Waals surface area contributed by atoms with Crippen molar-refractivity contribution in [3.63, 3.8) is 0 Å². The lowest BCUT2D eigenvalue weighted by Crippen LogP contribution is -2.24. The highest BCUT2D eigenvalue weighted by atomic mass is 16.5. The van der Waals surface area contributed by atoms with Gasteiger partial charge >= 0.3 is 0 Å². The molecule has 6 nitrogen and oxygen atoms in total. The molecule has 2 N–H and O–H groups in total. The predicted molar refractivity (Wildman–Crippen MR) is 123 cm³/mol. The SMILES string of the molecule is CCOc1ccc(CCNc2ncccc2C(=O)NCc2ccccc2)cc1OCC. The van der Waals surface area contributed by atoms with E-state index in [2.05, 4.69) is 15.6 Å². The van der Waals surface area contributed by atoms with E-state index in [-0.39, 0.29) is 5.91 Å². The maximum atomic E-state index is 12.7. The second-order valence-electron chi connectivity index (χ2n) is 6.89. The van der Waals surface area contributed by atoms with Crippen LogP contribution in [0.25, 0.3) is 0 Å². The molecule has 0 aliphatic carbocycles. The standard InChI is InChI=1S/C25H29N3O3/c1-3-30-22-13-12-19(17-23(22)31-4-2)14-16-27-24-21(11-8-15-26-24)25(29)28-18-20-9-6-5-7-10-20/h5-13,15,17H,3-4,14,16,18H2,1-2H3,(H,26,27)(H,28,29). The summed E-state index contributed by atoms with van der Waals surface area (Å²) in [5.74, 6) is 1.92. The van der Waals surface area contributed by atoms with E-state index in [0.29, 0.717) is 37.7 Å². The van der Waals surface area contributed by atoms with Crippen LogP contribution in [0.1, 0.15) is 35.3 Å². The molecule has 0 aliphatic heterocycles. The minimum atomic E-state index is -0.154. The highest BCUT2D eigenvalue weighted by Gasteiger charge is 2.12. The summed E-state index contributed by atoms with van der Waals surface area (Å²) in [6, 6.07) is 19.3. The zero-order valence-corrected chi connectivity index (χ0v) is 18.1. The Morgan fingerprint density at radius 1 is 0.903 bits per heavy atom. The minimum absolute atomic E-state index is 0.154. The zero-order valence-electron chi connectivity index (χ0n) is 18.1. The summed E-state index contributed by atoms with van der Waals surface area (Å²) in [5.41, 5.74) is 2.69. The Morgan fingerprint density at radius 3 is 2.45 bits per heavy atom. The van der Waals surface area contributed by atoms with Crippen molar-refractivity contribution in [2.45, 2.75) is 26.8 Å². The number of carbonyl (C=O) groups excluding carboxylic acids is 1. The van der Waals surface area contributed by atoms with Crippen LogP contribution in [0.2, 0.25) is 0 Å². The van der Waals surface area contributed by atoms with Crippen LogP contribution in [-0.4, -0.2) is 30.6 Å². The fourth-order valence-corrected chi connectivity index (χ4v) is 3.18. The van der Waals surface area contributed by atoms with Crippen molar-refractivity contribution in [1.82, 2.24) is 10.3 Å². The van der Waals surface area contributed by atoms with Gasteiger partial charge in [0.15, 0.2) is 11.5 Å². The summed E-state index contributed by atoms with van der Waals surface area (Å²) < 4.78 is 11.3. The molecule has 0 bridgehead atoms. The zero-order chi connectivity index (χ0) is 21.9. The van der Waals surface area contributed by atoms with Gasteiger partial charge in [0.05, 0.1) is 18.8 Å².